The number of pyridine rings is 1. The van der Waals surface area contributed by atoms with Crippen LogP contribution in [0, 0.1) is 5.92 Å². The van der Waals surface area contributed by atoms with E-state index in [4.69, 9.17) is 9.84 Å². The molecule has 3 saturated heterocycles. The maximum absolute atomic E-state index is 13.8. The van der Waals surface area contributed by atoms with E-state index in [1.54, 1.807) is 12.1 Å². The fourth-order valence-electron chi connectivity index (χ4n) is 6.33. The largest absolute Gasteiger partial charge is 0.460 e. The molecule has 0 spiro atoms. The van der Waals surface area contributed by atoms with Crippen LogP contribution in [0.15, 0.2) is 42.6 Å². The second-order valence-electron chi connectivity index (χ2n) is 11.0. The molecule has 1 atom stereocenters. The first-order valence-corrected chi connectivity index (χ1v) is 13.9. The second-order valence-corrected chi connectivity index (χ2v) is 11.0. The number of nitrogens with one attached hydrogen (secondary N) is 1. The zero-order valence-corrected chi connectivity index (χ0v) is 21.7. The Morgan fingerprint density at radius 1 is 1.11 bits per heavy atom. The van der Waals surface area contributed by atoms with Gasteiger partial charge in [-0.2, -0.15) is 0 Å². The molecule has 2 N–H and O–H groups in total. The third-order valence-corrected chi connectivity index (χ3v) is 8.61. The lowest BCUT2D eigenvalue weighted by Crippen LogP contribution is -2.53. The highest BCUT2D eigenvalue weighted by atomic mass is 16.5. The van der Waals surface area contributed by atoms with Gasteiger partial charge in [-0.05, 0) is 80.8 Å². The zero-order chi connectivity index (χ0) is 25.7. The predicted octanol–water partition coefficient (Wildman–Crippen LogP) is 3.78. The number of ether oxygens (including phenoxy) is 1. The lowest BCUT2D eigenvalue weighted by Gasteiger charge is -2.45. The van der Waals surface area contributed by atoms with Gasteiger partial charge in [0, 0.05) is 19.3 Å². The number of benzene rings is 1. The first kappa shape index (κ1) is 25.9. The summed E-state index contributed by atoms with van der Waals surface area (Å²) in [5, 5.41) is 12.1. The second kappa shape index (κ2) is 11.7. The molecule has 6 rings (SSSR count). The Balaban J connectivity index is 1.20. The lowest BCUT2D eigenvalue weighted by atomic mass is 9.69. The number of esters is 1. The predicted molar refractivity (Wildman–Crippen MR) is 141 cm³/mol. The third-order valence-electron chi connectivity index (χ3n) is 8.61. The maximum Gasteiger partial charge on any atom is 0.316 e. The van der Waals surface area contributed by atoms with E-state index >= 15 is 0 Å². The number of fused-ring (bicyclic) bond motifs is 3. The minimum atomic E-state index is -0.539. The van der Waals surface area contributed by atoms with E-state index in [0.717, 1.165) is 76.6 Å². The minimum absolute atomic E-state index is 0.0174. The van der Waals surface area contributed by atoms with Gasteiger partial charge >= 0.3 is 5.97 Å². The van der Waals surface area contributed by atoms with Gasteiger partial charge in [-0.15, -0.1) is 0 Å². The molecule has 198 valence electrons. The van der Waals surface area contributed by atoms with Crippen molar-refractivity contribution < 1.29 is 19.4 Å². The summed E-state index contributed by atoms with van der Waals surface area (Å²) in [7, 11) is 0. The zero-order valence-electron chi connectivity index (χ0n) is 21.7. The van der Waals surface area contributed by atoms with Crippen LogP contribution in [0.4, 0.5) is 0 Å². The van der Waals surface area contributed by atoms with Gasteiger partial charge in [0.05, 0.1) is 23.3 Å². The summed E-state index contributed by atoms with van der Waals surface area (Å²) in [6.45, 7) is 3.58. The normalized spacial score (nSPS) is 24.4. The van der Waals surface area contributed by atoms with Gasteiger partial charge < -0.3 is 15.2 Å². The number of aromatic nitrogens is 1. The Labute approximate surface area is 219 Å². The number of aliphatic hydroxyl groups is 1. The molecule has 1 amide bonds. The van der Waals surface area contributed by atoms with Crippen LogP contribution in [-0.2, 0) is 28.0 Å². The molecule has 0 unspecified atom stereocenters. The van der Waals surface area contributed by atoms with Crippen LogP contribution in [0.3, 0.4) is 0 Å². The number of amides is 1. The van der Waals surface area contributed by atoms with Crippen molar-refractivity contribution in [3.05, 3.63) is 65.0 Å². The molecule has 0 radical (unpaired) electrons. The average molecular weight is 506 g/mol. The maximum atomic E-state index is 13.8. The number of hydrogen-bond acceptors (Lipinski definition) is 6. The third kappa shape index (κ3) is 5.88. The lowest BCUT2D eigenvalue weighted by molar-refractivity contribution is -0.167. The Bertz CT molecular complexity index is 1070. The molecule has 37 heavy (non-hydrogen) atoms. The van der Waals surface area contributed by atoms with Crippen molar-refractivity contribution in [2.45, 2.75) is 75.9 Å². The van der Waals surface area contributed by atoms with Gasteiger partial charge in [-0.1, -0.05) is 43.5 Å². The number of aliphatic hydroxyl groups excluding tert-OH is 1. The topological polar surface area (TPSA) is 91.8 Å². The Morgan fingerprint density at radius 3 is 2.59 bits per heavy atom. The Hall–Kier alpha value is -2.77. The molecule has 7 heteroatoms. The summed E-state index contributed by atoms with van der Waals surface area (Å²) in [5.74, 6) is 0.332. The SMILES string of the molecule is O=C(NCCCc1cccc(C2(C(=O)O[C@H]3CN4CCC3CC4)CCCCC2)c1)c1ccc(CO)nc1. The number of piperidine rings is 3. The van der Waals surface area contributed by atoms with Crippen molar-refractivity contribution >= 4 is 11.9 Å². The molecule has 2 aromatic rings. The van der Waals surface area contributed by atoms with Gasteiger partial charge in [-0.3, -0.25) is 19.5 Å². The van der Waals surface area contributed by atoms with Crippen LogP contribution in [-0.4, -0.2) is 59.1 Å². The van der Waals surface area contributed by atoms with Crippen molar-refractivity contribution in [1.82, 2.24) is 15.2 Å². The molecule has 1 saturated carbocycles. The van der Waals surface area contributed by atoms with Crippen LogP contribution in [0.1, 0.15) is 78.5 Å². The molecule has 4 fully saturated rings. The number of nitrogens with zero attached hydrogens (tertiary/aromatic N) is 2. The first-order valence-electron chi connectivity index (χ1n) is 13.9. The smallest absolute Gasteiger partial charge is 0.316 e. The van der Waals surface area contributed by atoms with E-state index in [9.17, 15) is 9.59 Å². The first-order chi connectivity index (χ1) is 18.1. The van der Waals surface area contributed by atoms with E-state index in [0.29, 0.717) is 23.7 Å². The summed E-state index contributed by atoms with van der Waals surface area (Å²) in [6.07, 6.45) is 10.4. The van der Waals surface area contributed by atoms with Gasteiger partial charge in [0.2, 0.25) is 0 Å². The fraction of sp³-hybridized carbons (Fsp3) is 0.567. The molecular formula is C30H39N3O4. The number of carbonyl (C=O) groups is 2. The van der Waals surface area contributed by atoms with E-state index in [2.05, 4.69) is 39.5 Å². The number of carbonyl (C=O) groups excluding carboxylic acids is 2. The van der Waals surface area contributed by atoms with Crippen molar-refractivity contribution in [3.8, 4) is 0 Å². The van der Waals surface area contributed by atoms with E-state index in [-0.39, 0.29) is 24.6 Å². The van der Waals surface area contributed by atoms with Crippen LogP contribution < -0.4 is 5.32 Å². The van der Waals surface area contributed by atoms with Crippen LogP contribution in [0.2, 0.25) is 0 Å². The summed E-state index contributed by atoms with van der Waals surface area (Å²) in [5.41, 5.74) is 2.76. The van der Waals surface area contributed by atoms with Crippen LogP contribution >= 0.6 is 0 Å². The monoisotopic (exact) mass is 505 g/mol. The molecule has 1 aromatic heterocycles. The fourth-order valence-corrected chi connectivity index (χ4v) is 6.33. The minimum Gasteiger partial charge on any atom is -0.460 e. The molecule has 1 aliphatic carbocycles. The number of rotatable bonds is 9. The Morgan fingerprint density at radius 2 is 1.92 bits per heavy atom. The summed E-state index contributed by atoms with van der Waals surface area (Å²) in [6, 6.07) is 11.8. The number of hydrogen-bond donors (Lipinski definition) is 2. The highest BCUT2D eigenvalue weighted by Crippen LogP contribution is 2.42. The molecule has 2 bridgehead atoms. The van der Waals surface area contributed by atoms with Gasteiger partial charge in [-0.25, -0.2) is 0 Å². The molecule has 4 aliphatic rings. The van der Waals surface area contributed by atoms with E-state index < -0.39 is 5.41 Å². The van der Waals surface area contributed by atoms with Crippen LogP contribution in [0.5, 0.6) is 0 Å². The van der Waals surface area contributed by atoms with Crippen molar-refractivity contribution in [3.63, 3.8) is 0 Å². The standard InChI is InChI=1S/C30H39N3O4/c34-21-26-10-9-24(19-32-26)28(35)31-15-5-7-22-6-4-8-25(18-22)30(13-2-1-3-14-30)29(36)37-27-20-33-16-11-23(27)12-17-33/h4,6,8-10,18-19,23,27,34H,1-3,5,7,11-17,20-21H2,(H,31,35)/t27-/m0/s1. The quantitative estimate of drug-likeness (QED) is 0.398. The van der Waals surface area contributed by atoms with Gasteiger partial charge in [0.15, 0.2) is 0 Å². The van der Waals surface area contributed by atoms with Crippen LogP contribution in [0.25, 0.3) is 0 Å². The summed E-state index contributed by atoms with van der Waals surface area (Å²) < 4.78 is 6.30. The Kier molecular flexibility index (Phi) is 8.20. The highest BCUT2D eigenvalue weighted by Gasteiger charge is 2.45. The van der Waals surface area contributed by atoms with Crippen molar-refractivity contribution in [1.29, 1.82) is 0 Å². The van der Waals surface area contributed by atoms with E-state index in [1.165, 1.54) is 18.2 Å². The summed E-state index contributed by atoms with van der Waals surface area (Å²) in [4.78, 5) is 32.7. The summed E-state index contributed by atoms with van der Waals surface area (Å²) >= 11 is 0. The van der Waals surface area contributed by atoms with Gasteiger partial charge in [0.1, 0.15) is 6.10 Å². The molecule has 3 aliphatic heterocycles. The molecule has 7 nitrogen and oxygen atoms in total. The molecule has 1 aromatic carbocycles. The number of aryl methyl sites for hydroxylation is 1. The van der Waals surface area contributed by atoms with Gasteiger partial charge in [0.25, 0.3) is 5.91 Å². The van der Waals surface area contributed by atoms with Crippen molar-refractivity contribution in [2.75, 3.05) is 26.2 Å². The average Bonchev–Trinajstić information content (AvgIpc) is 2.96. The molecule has 4 heterocycles. The highest BCUT2D eigenvalue weighted by molar-refractivity contribution is 5.93. The van der Waals surface area contributed by atoms with E-state index in [1.807, 2.05) is 0 Å². The molecular weight excluding hydrogens is 466 g/mol. The van der Waals surface area contributed by atoms with Crippen molar-refractivity contribution in [2.24, 2.45) is 5.92 Å².